The molecule has 1 fully saturated rings. The molecule has 0 spiro atoms. The molecule has 9 heteroatoms. The van der Waals surface area contributed by atoms with Crippen LogP contribution in [-0.2, 0) is 6.54 Å². The molecule has 166 valence electrons. The molecule has 0 radical (unpaired) electrons. The summed E-state index contributed by atoms with van der Waals surface area (Å²) in [5.41, 5.74) is 2.78. The van der Waals surface area contributed by atoms with E-state index in [0.717, 1.165) is 55.4 Å². The first-order valence-electron chi connectivity index (χ1n) is 10.3. The fraction of sp³-hybridized carbons (Fsp3) is 0.409. The van der Waals surface area contributed by atoms with E-state index in [9.17, 15) is 9.50 Å². The van der Waals surface area contributed by atoms with Crippen molar-refractivity contribution in [3.63, 3.8) is 0 Å². The van der Waals surface area contributed by atoms with Crippen molar-refractivity contribution in [1.82, 2.24) is 24.6 Å². The largest absolute Gasteiger partial charge is 0.391 e. The Hall–Kier alpha value is -2.55. The van der Waals surface area contributed by atoms with E-state index in [0.29, 0.717) is 0 Å². The molecule has 1 saturated heterocycles. The zero-order valence-electron chi connectivity index (χ0n) is 17.7. The van der Waals surface area contributed by atoms with Crippen molar-refractivity contribution in [1.29, 1.82) is 0 Å². The molecule has 31 heavy (non-hydrogen) atoms. The molecular weight excluding hydrogens is 419 g/mol. The van der Waals surface area contributed by atoms with Gasteiger partial charge in [0, 0.05) is 62.4 Å². The predicted octanol–water partition coefficient (Wildman–Crippen LogP) is 3.17. The van der Waals surface area contributed by atoms with Crippen molar-refractivity contribution >= 4 is 18.2 Å². The number of hydrogen-bond acceptors (Lipinski definition) is 6. The average Bonchev–Trinajstić information content (AvgIpc) is 3.22. The SMILES string of the molecule is C[C@H]([C@@H](C)O)n1cc(CN2CCN(c3nccnc3-c3ccc(F)cc3)CC2)cn1.Cl. The quantitative estimate of drug-likeness (QED) is 0.627. The molecule has 2 aromatic heterocycles. The molecule has 0 unspecified atom stereocenters. The lowest BCUT2D eigenvalue weighted by Crippen LogP contribution is -2.46. The summed E-state index contributed by atoms with van der Waals surface area (Å²) in [5, 5.41) is 14.1. The zero-order valence-corrected chi connectivity index (χ0v) is 18.5. The molecular formula is C22H28ClFN6O. The molecule has 7 nitrogen and oxygen atoms in total. The standard InChI is InChI=1S/C22H27FN6O.ClH/c1-16(17(2)30)29-15-18(13-26-29)14-27-9-11-28(12-10-27)22-21(24-7-8-25-22)19-3-5-20(23)6-4-19;/h3-8,13,15-17,30H,9-12,14H2,1-2H3;1H/t16-,17-;/m1./s1. The van der Waals surface area contributed by atoms with E-state index in [1.54, 1.807) is 31.5 Å². The molecule has 0 saturated carbocycles. The molecule has 4 rings (SSSR count). The van der Waals surface area contributed by atoms with Gasteiger partial charge in [-0.05, 0) is 38.1 Å². The Morgan fingerprint density at radius 2 is 1.71 bits per heavy atom. The molecule has 1 aliphatic heterocycles. The van der Waals surface area contributed by atoms with Crippen LogP contribution in [0.4, 0.5) is 10.2 Å². The lowest BCUT2D eigenvalue weighted by Gasteiger charge is -2.35. The van der Waals surface area contributed by atoms with Gasteiger partial charge in [-0.1, -0.05) is 0 Å². The van der Waals surface area contributed by atoms with Gasteiger partial charge in [-0.3, -0.25) is 14.6 Å². The third-order valence-electron chi connectivity index (χ3n) is 5.64. The first kappa shape index (κ1) is 23.1. The fourth-order valence-electron chi connectivity index (χ4n) is 3.65. The second kappa shape index (κ2) is 10.2. The molecule has 3 aromatic rings. The number of aromatic nitrogens is 4. The van der Waals surface area contributed by atoms with Crippen LogP contribution >= 0.6 is 12.4 Å². The minimum atomic E-state index is -0.441. The highest BCUT2D eigenvalue weighted by Crippen LogP contribution is 2.27. The number of halogens is 2. The van der Waals surface area contributed by atoms with Gasteiger partial charge < -0.3 is 10.0 Å². The van der Waals surface area contributed by atoms with Crippen LogP contribution in [0.1, 0.15) is 25.5 Å². The van der Waals surface area contributed by atoms with Crippen molar-refractivity contribution in [2.45, 2.75) is 32.5 Å². The number of aliphatic hydroxyl groups is 1. The van der Waals surface area contributed by atoms with Gasteiger partial charge in [-0.25, -0.2) is 9.37 Å². The van der Waals surface area contributed by atoms with Gasteiger partial charge in [0.1, 0.15) is 11.5 Å². The monoisotopic (exact) mass is 446 g/mol. The van der Waals surface area contributed by atoms with E-state index >= 15 is 0 Å². The lowest BCUT2D eigenvalue weighted by atomic mass is 10.1. The van der Waals surface area contributed by atoms with E-state index in [1.165, 1.54) is 12.1 Å². The molecule has 1 aliphatic rings. The Bertz CT molecular complexity index is 972. The lowest BCUT2D eigenvalue weighted by molar-refractivity contribution is 0.132. The van der Waals surface area contributed by atoms with Gasteiger partial charge in [0.05, 0.1) is 18.3 Å². The smallest absolute Gasteiger partial charge is 0.155 e. The van der Waals surface area contributed by atoms with Crippen molar-refractivity contribution < 1.29 is 9.50 Å². The molecule has 0 amide bonds. The molecule has 2 atom stereocenters. The average molecular weight is 447 g/mol. The molecule has 3 heterocycles. The Morgan fingerprint density at radius 1 is 1.03 bits per heavy atom. The van der Waals surface area contributed by atoms with Gasteiger partial charge in [0.15, 0.2) is 5.82 Å². The van der Waals surface area contributed by atoms with Crippen LogP contribution in [-0.4, -0.2) is 62.0 Å². The summed E-state index contributed by atoms with van der Waals surface area (Å²) in [6, 6.07) is 6.34. The van der Waals surface area contributed by atoms with Gasteiger partial charge in [-0.15, -0.1) is 12.4 Å². The van der Waals surface area contributed by atoms with Crippen molar-refractivity contribution in [2.24, 2.45) is 0 Å². The highest BCUT2D eigenvalue weighted by atomic mass is 35.5. The summed E-state index contributed by atoms with van der Waals surface area (Å²) in [6.45, 7) is 8.03. The van der Waals surface area contributed by atoms with Crippen LogP contribution in [0.3, 0.4) is 0 Å². The summed E-state index contributed by atoms with van der Waals surface area (Å²) in [4.78, 5) is 13.7. The summed E-state index contributed by atoms with van der Waals surface area (Å²) < 4.78 is 15.1. The molecule has 1 N–H and O–H groups in total. The maximum atomic E-state index is 13.3. The summed E-state index contributed by atoms with van der Waals surface area (Å²) in [6.07, 6.45) is 6.82. The van der Waals surface area contributed by atoms with Crippen LogP contribution in [0.2, 0.25) is 0 Å². The van der Waals surface area contributed by atoms with Crippen LogP contribution in [0.25, 0.3) is 11.3 Å². The van der Waals surface area contributed by atoms with E-state index in [4.69, 9.17) is 0 Å². The van der Waals surface area contributed by atoms with Gasteiger partial charge in [0.25, 0.3) is 0 Å². The van der Waals surface area contributed by atoms with Crippen molar-refractivity contribution in [3.8, 4) is 11.3 Å². The number of piperazine rings is 1. The van der Waals surface area contributed by atoms with Crippen molar-refractivity contribution in [2.75, 3.05) is 31.1 Å². The zero-order chi connectivity index (χ0) is 21.1. The Kier molecular flexibility index (Phi) is 7.59. The Balaban J connectivity index is 0.00000272. The summed E-state index contributed by atoms with van der Waals surface area (Å²) in [7, 11) is 0. The summed E-state index contributed by atoms with van der Waals surface area (Å²) in [5.74, 6) is 0.575. The van der Waals surface area contributed by atoms with Crippen LogP contribution in [0.15, 0.2) is 49.1 Å². The predicted molar refractivity (Wildman–Crippen MR) is 121 cm³/mol. The highest BCUT2D eigenvalue weighted by Gasteiger charge is 2.22. The van der Waals surface area contributed by atoms with Crippen LogP contribution in [0, 0.1) is 5.82 Å². The first-order chi connectivity index (χ1) is 14.5. The van der Waals surface area contributed by atoms with Gasteiger partial charge in [0.2, 0.25) is 0 Å². The Labute approximate surface area is 188 Å². The molecule has 0 bridgehead atoms. The van der Waals surface area contributed by atoms with E-state index in [-0.39, 0.29) is 24.3 Å². The number of benzene rings is 1. The number of anilines is 1. The number of rotatable bonds is 6. The summed E-state index contributed by atoms with van der Waals surface area (Å²) >= 11 is 0. The van der Waals surface area contributed by atoms with Crippen molar-refractivity contribution in [3.05, 3.63) is 60.4 Å². The maximum Gasteiger partial charge on any atom is 0.155 e. The second-order valence-corrected chi connectivity index (χ2v) is 7.81. The third-order valence-corrected chi connectivity index (χ3v) is 5.64. The fourth-order valence-corrected chi connectivity index (χ4v) is 3.65. The van der Waals surface area contributed by atoms with Gasteiger partial charge >= 0.3 is 0 Å². The number of hydrogen-bond donors (Lipinski definition) is 1. The molecule has 0 aliphatic carbocycles. The Morgan fingerprint density at radius 3 is 2.39 bits per heavy atom. The molecule has 1 aromatic carbocycles. The number of aliphatic hydroxyl groups excluding tert-OH is 1. The second-order valence-electron chi connectivity index (χ2n) is 7.81. The highest BCUT2D eigenvalue weighted by molar-refractivity contribution is 5.85. The topological polar surface area (TPSA) is 70.3 Å². The van der Waals surface area contributed by atoms with Crippen LogP contribution < -0.4 is 4.90 Å². The third kappa shape index (κ3) is 5.39. The number of nitrogens with zero attached hydrogens (tertiary/aromatic N) is 6. The maximum absolute atomic E-state index is 13.3. The van der Waals surface area contributed by atoms with Crippen LogP contribution in [0.5, 0.6) is 0 Å². The minimum absolute atomic E-state index is 0. The van der Waals surface area contributed by atoms with Gasteiger partial charge in [-0.2, -0.15) is 5.10 Å². The minimum Gasteiger partial charge on any atom is -0.391 e. The van der Waals surface area contributed by atoms with E-state index < -0.39 is 6.10 Å². The van der Waals surface area contributed by atoms with E-state index in [2.05, 4.69) is 24.9 Å². The normalized spacial score (nSPS) is 16.6. The first-order valence-corrected chi connectivity index (χ1v) is 10.3. The van der Waals surface area contributed by atoms with E-state index in [1.807, 2.05) is 24.0 Å².